The quantitative estimate of drug-likeness (QED) is 0.0270. The summed E-state index contributed by atoms with van der Waals surface area (Å²) < 4.78 is 0. The van der Waals surface area contributed by atoms with Gasteiger partial charge in [-0.05, 0) is 81.7 Å². The third kappa shape index (κ3) is 16.8. The second-order valence-electron chi connectivity index (χ2n) is 19.7. The number of aliphatic hydroxyl groups is 1. The molecule has 77 heavy (non-hydrogen) atoms. The lowest BCUT2D eigenvalue weighted by Crippen LogP contribution is -2.60. The maximum Gasteiger partial charge on any atom is 0.326 e. The Morgan fingerprint density at radius 3 is 1.81 bits per heavy atom. The van der Waals surface area contributed by atoms with E-state index in [1.165, 1.54) is 18.7 Å². The summed E-state index contributed by atoms with van der Waals surface area (Å²) in [4.78, 5) is 142. The van der Waals surface area contributed by atoms with Gasteiger partial charge < -0.3 is 79.5 Å². The van der Waals surface area contributed by atoms with Crippen molar-refractivity contribution in [3.63, 3.8) is 0 Å². The van der Waals surface area contributed by atoms with Crippen LogP contribution in [0.3, 0.4) is 0 Å². The maximum absolute atomic E-state index is 14.5. The van der Waals surface area contributed by atoms with E-state index in [1.54, 1.807) is 56.6 Å². The van der Waals surface area contributed by atoms with Gasteiger partial charge in [0.15, 0.2) is 0 Å². The third-order valence-electron chi connectivity index (χ3n) is 13.4. The van der Waals surface area contributed by atoms with Crippen molar-refractivity contribution in [2.45, 2.75) is 140 Å². The summed E-state index contributed by atoms with van der Waals surface area (Å²) >= 11 is 0. The number of fused-ring (bicyclic) bond motifs is 2. The molecule has 2 aromatic heterocycles. The molecule has 2 aromatic carbocycles. The van der Waals surface area contributed by atoms with Gasteiger partial charge >= 0.3 is 5.97 Å². The number of likely N-dealkylation sites (tertiary alicyclic amines) is 1. The van der Waals surface area contributed by atoms with E-state index in [0.717, 1.165) is 21.8 Å². The topological polar surface area (TPSA) is 408 Å². The smallest absolute Gasteiger partial charge is 0.326 e. The first-order valence-electron chi connectivity index (χ1n) is 25.7. The molecule has 25 nitrogen and oxygen atoms in total. The van der Waals surface area contributed by atoms with E-state index in [9.17, 15) is 58.2 Å². The molecule has 0 saturated carbocycles. The van der Waals surface area contributed by atoms with Gasteiger partial charge in [-0.15, -0.1) is 0 Å². The van der Waals surface area contributed by atoms with Crippen LogP contribution in [0.15, 0.2) is 60.9 Å². The minimum atomic E-state index is -1.64. The number of primary amides is 1. The normalized spacial score (nSPS) is 16.5. The Labute approximate surface area is 444 Å². The highest BCUT2D eigenvalue weighted by Crippen LogP contribution is 2.23. The molecular formula is C52H73N13O12. The van der Waals surface area contributed by atoms with Crippen LogP contribution in [0.1, 0.15) is 83.8 Å². The number of carboxylic acid groups (broad SMARTS) is 1. The van der Waals surface area contributed by atoms with E-state index in [2.05, 4.69) is 47.2 Å². The fourth-order valence-corrected chi connectivity index (χ4v) is 9.05. The van der Waals surface area contributed by atoms with Crippen molar-refractivity contribution in [3.8, 4) is 0 Å². The Morgan fingerprint density at radius 1 is 0.688 bits per heavy atom. The van der Waals surface area contributed by atoms with Crippen LogP contribution in [0.2, 0.25) is 0 Å². The molecule has 418 valence electrons. The number of carbonyl (C=O) groups excluding carboxylic acids is 9. The molecule has 0 bridgehead atoms. The van der Waals surface area contributed by atoms with E-state index >= 15 is 0 Å². The lowest BCUT2D eigenvalue weighted by molar-refractivity contribution is -0.144. The van der Waals surface area contributed by atoms with Gasteiger partial charge in [-0.1, -0.05) is 56.7 Å². The molecule has 5 rings (SSSR count). The fraction of sp³-hybridized carbons (Fsp3) is 0.500. The van der Waals surface area contributed by atoms with Crippen LogP contribution in [-0.2, 0) is 60.8 Å². The number of amides is 9. The molecule has 3 heterocycles. The van der Waals surface area contributed by atoms with Gasteiger partial charge in [-0.25, -0.2) is 4.79 Å². The maximum atomic E-state index is 14.5. The fourth-order valence-electron chi connectivity index (χ4n) is 9.05. The molecule has 4 aromatic rings. The number of nitrogens with one attached hydrogen (secondary N) is 9. The Bertz CT molecular complexity index is 2760. The number of nitrogens with zero attached hydrogens (tertiary/aromatic N) is 1. The summed E-state index contributed by atoms with van der Waals surface area (Å²) in [6, 6.07) is 4.03. The average molecular weight is 1070 g/mol. The van der Waals surface area contributed by atoms with Crippen molar-refractivity contribution in [3.05, 3.63) is 72.1 Å². The van der Waals surface area contributed by atoms with Crippen LogP contribution in [0, 0.1) is 5.92 Å². The van der Waals surface area contributed by atoms with Crippen molar-refractivity contribution in [1.29, 1.82) is 0 Å². The van der Waals surface area contributed by atoms with Crippen molar-refractivity contribution in [1.82, 2.24) is 52.1 Å². The van der Waals surface area contributed by atoms with E-state index in [1.807, 2.05) is 18.2 Å². The third-order valence-corrected chi connectivity index (χ3v) is 13.4. The van der Waals surface area contributed by atoms with E-state index in [4.69, 9.17) is 17.2 Å². The van der Waals surface area contributed by atoms with Crippen LogP contribution in [0.5, 0.6) is 0 Å². The summed E-state index contributed by atoms with van der Waals surface area (Å²) in [6.45, 7) is 5.56. The molecule has 1 aliphatic rings. The lowest BCUT2D eigenvalue weighted by Gasteiger charge is -2.30. The summed E-state index contributed by atoms with van der Waals surface area (Å²) in [7, 11) is 0. The summed E-state index contributed by atoms with van der Waals surface area (Å²) in [5, 5.41) is 39.5. The van der Waals surface area contributed by atoms with Gasteiger partial charge in [0.2, 0.25) is 53.2 Å². The minimum absolute atomic E-state index is 0.0441. The molecular weight excluding hydrogens is 999 g/mol. The van der Waals surface area contributed by atoms with Crippen LogP contribution in [-0.4, -0.2) is 158 Å². The number of hydrogen-bond donors (Lipinski definition) is 14. The highest BCUT2D eigenvalue weighted by Gasteiger charge is 2.40. The predicted molar refractivity (Wildman–Crippen MR) is 282 cm³/mol. The number of carboxylic acids is 1. The van der Waals surface area contributed by atoms with E-state index in [-0.39, 0.29) is 38.6 Å². The number of aliphatic carboxylic acids is 1. The lowest BCUT2D eigenvalue weighted by atomic mass is 10.0. The van der Waals surface area contributed by atoms with Gasteiger partial charge in [-0.2, -0.15) is 0 Å². The number of benzene rings is 2. The minimum Gasteiger partial charge on any atom is -0.480 e. The molecule has 17 N–H and O–H groups in total. The molecule has 0 radical (unpaired) electrons. The van der Waals surface area contributed by atoms with Gasteiger partial charge in [0.25, 0.3) is 0 Å². The molecule has 25 heteroatoms. The largest absolute Gasteiger partial charge is 0.480 e. The Hall–Kier alpha value is -7.90. The van der Waals surface area contributed by atoms with Gasteiger partial charge in [0.1, 0.15) is 42.3 Å². The second-order valence-corrected chi connectivity index (χ2v) is 19.7. The molecule has 0 spiro atoms. The van der Waals surface area contributed by atoms with Crippen LogP contribution < -0.4 is 54.4 Å². The molecule has 1 aliphatic heterocycles. The zero-order chi connectivity index (χ0) is 56.5. The second kappa shape index (κ2) is 28.3. The molecule has 9 amide bonds. The molecule has 0 aliphatic carbocycles. The van der Waals surface area contributed by atoms with Crippen LogP contribution >= 0.6 is 0 Å². The first-order valence-corrected chi connectivity index (χ1v) is 25.7. The summed E-state index contributed by atoms with van der Waals surface area (Å²) in [5.41, 5.74) is 19.8. The zero-order valence-corrected chi connectivity index (χ0v) is 43.7. The van der Waals surface area contributed by atoms with Crippen LogP contribution in [0.4, 0.5) is 0 Å². The predicted octanol–water partition coefficient (Wildman–Crippen LogP) is -1.69. The first-order chi connectivity index (χ1) is 36.6. The average Bonchev–Trinajstić information content (AvgIpc) is 4.16. The number of aromatic nitrogens is 2. The Kier molecular flexibility index (Phi) is 22.0. The summed E-state index contributed by atoms with van der Waals surface area (Å²) in [5.74, 6) is -9.06. The number of carbonyl (C=O) groups is 10. The highest BCUT2D eigenvalue weighted by atomic mass is 16.4. The van der Waals surface area contributed by atoms with Gasteiger partial charge in [0, 0.05) is 60.0 Å². The number of unbranched alkanes of at least 4 members (excludes halogenated alkanes) is 1. The number of H-pyrrole nitrogens is 2. The Morgan fingerprint density at radius 2 is 1.25 bits per heavy atom. The monoisotopic (exact) mass is 1070 g/mol. The molecule has 1 saturated heterocycles. The number of rotatable bonds is 29. The summed E-state index contributed by atoms with van der Waals surface area (Å²) in [6.07, 6.45) is 3.01. The molecule has 0 unspecified atom stereocenters. The highest BCUT2D eigenvalue weighted by molar-refractivity contribution is 5.98. The van der Waals surface area contributed by atoms with Crippen molar-refractivity contribution in [2.75, 3.05) is 19.6 Å². The van der Waals surface area contributed by atoms with Crippen LogP contribution in [0.25, 0.3) is 21.8 Å². The molecule has 1 fully saturated rings. The Balaban J connectivity index is 1.30. The van der Waals surface area contributed by atoms with Crippen molar-refractivity contribution < 1.29 is 58.2 Å². The number of para-hydroxylation sites is 2. The van der Waals surface area contributed by atoms with E-state index in [0.29, 0.717) is 43.4 Å². The zero-order valence-electron chi connectivity index (χ0n) is 43.7. The number of aromatic amines is 2. The number of aliphatic hydroxyl groups excluding tert-OH is 1. The van der Waals surface area contributed by atoms with Gasteiger partial charge in [-0.3, -0.25) is 43.2 Å². The standard InChI is InChI=1S/C52H73N13O12/c1-27(2)43(52(76)77)63-50(74)44(29(4)66)64-48(72)38(22-30-24-56-35-15-7-5-12-32(30)35)60-42(68)26-58-49(73)40-17-11-21-65(40)51(75)37(18-19-41(55)67)61-47(71)39(23-31-25-57-36-16-8-6-13-33(31)36)62-45(69)28(3)59-46(70)34(54)14-9-10-20-53/h5-8,12-13,15-16,24-25,27-29,34,37-40,43-44,56-57,66H,9-11,14,17-23,26,53-54H2,1-4H3,(H2,55,67)(H,58,73)(H,59,70)(H,60,68)(H,61,71)(H,62,69)(H,63,74)(H,64,72)(H,76,77)/t28-,29+,34-,37-,38-,39-,40-,43-,44-/m0/s1. The van der Waals surface area contributed by atoms with Gasteiger partial charge in [0.05, 0.1) is 18.7 Å². The van der Waals surface area contributed by atoms with Crippen molar-refractivity contribution >= 4 is 80.9 Å². The number of hydrogen-bond acceptors (Lipinski definition) is 13. The first kappa shape index (κ1) is 60.0. The van der Waals surface area contributed by atoms with E-state index < -0.39 is 126 Å². The molecule has 9 atom stereocenters. The van der Waals surface area contributed by atoms with Crippen molar-refractivity contribution in [2.24, 2.45) is 23.1 Å². The SMILES string of the molecule is CC(C)[C@H](NC(=O)[C@@H](NC(=O)[C@H](Cc1c[nH]c2ccccc12)NC(=O)CNC(=O)[C@@H]1CCCN1C(=O)[C@H](CCC(N)=O)NC(=O)[C@H](Cc1c[nH]c2ccccc12)NC(=O)[C@H](C)NC(=O)[C@@H](N)CCCCN)[C@@H](C)O)C(=O)O. The number of nitrogens with two attached hydrogens (primary N) is 3.